The molecule has 1 aromatic rings. The summed E-state index contributed by atoms with van der Waals surface area (Å²) in [5, 5.41) is 8.36. The van der Waals surface area contributed by atoms with Gasteiger partial charge in [0.25, 0.3) is 0 Å². The number of piperidine rings is 1. The number of nitrogens with zero attached hydrogens (tertiary/aromatic N) is 1. The summed E-state index contributed by atoms with van der Waals surface area (Å²) in [4.78, 5) is 2.43. The molecule has 118 valence electrons. The molecule has 0 bridgehead atoms. The smallest absolute Gasteiger partial charge is 0.238 e. The van der Waals surface area contributed by atoms with E-state index < -0.39 is 10.0 Å². The fourth-order valence-corrected chi connectivity index (χ4v) is 3.17. The van der Waals surface area contributed by atoms with E-state index in [9.17, 15) is 8.42 Å². The molecular formula is C14H24N4O2S. The van der Waals surface area contributed by atoms with E-state index in [4.69, 9.17) is 10.9 Å². The first-order chi connectivity index (χ1) is 9.86. The van der Waals surface area contributed by atoms with Crippen LogP contribution in [0.4, 0.5) is 11.4 Å². The highest BCUT2D eigenvalue weighted by Gasteiger charge is 2.16. The molecule has 1 aliphatic heterocycles. The van der Waals surface area contributed by atoms with Crippen LogP contribution in [0.5, 0.6) is 0 Å². The van der Waals surface area contributed by atoms with Crippen LogP contribution in [-0.4, -0.2) is 40.0 Å². The van der Waals surface area contributed by atoms with E-state index in [1.54, 1.807) is 6.07 Å². The minimum absolute atomic E-state index is 0.0819. The van der Waals surface area contributed by atoms with E-state index in [0.717, 1.165) is 32.0 Å². The Bertz CT molecular complexity index is 581. The van der Waals surface area contributed by atoms with Crippen molar-refractivity contribution in [2.75, 3.05) is 37.7 Å². The van der Waals surface area contributed by atoms with Gasteiger partial charge in [0, 0.05) is 6.54 Å². The fourth-order valence-electron chi connectivity index (χ4n) is 2.63. The van der Waals surface area contributed by atoms with Crippen LogP contribution in [0.25, 0.3) is 0 Å². The van der Waals surface area contributed by atoms with E-state index in [1.165, 1.54) is 25.0 Å². The zero-order valence-electron chi connectivity index (χ0n) is 12.4. The molecule has 0 aliphatic carbocycles. The minimum Gasteiger partial charge on any atom is -0.397 e. The average Bonchev–Trinajstić information content (AvgIpc) is 2.42. The highest BCUT2D eigenvalue weighted by molar-refractivity contribution is 7.89. The van der Waals surface area contributed by atoms with Crippen molar-refractivity contribution in [2.45, 2.75) is 24.2 Å². The third-order valence-electron chi connectivity index (χ3n) is 4.06. The van der Waals surface area contributed by atoms with Crippen LogP contribution in [-0.2, 0) is 10.0 Å². The Morgan fingerprint density at radius 3 is 2.62 bits per heavy atom. The Morgan fingerprint density at radius 1 is 1.33 bits per heavy atom. The molecule has 0 radical (unpaired) electrons. The summed E-state index contributed by atoms with van der Waals surface area (Å²) in [5.74, 6) is 0.719. The first kappa shape index (κ1) is 16.1. The quantitative estimate of drug-likeness (QED) is 0.706. The molecule has 7 heteroatoms. The number of nitrogen functional groups attached to an aromatic ring is 1. The van der Waals surface area contributed by atoms with Gasteiger partial charge in [-0.15, -0.1) is 0 Å². The normalized spacial score (nSPS) is 17.8. The van der Waals surface area contributed by atoms with Gasteiger partial charge in [0.2, 0.25) is 10.0 Å². The molecule has 6 nitrogen and oxygen atoms in total. The standard InChI is InChI=1S/C14H24N4O2S/c1-18-8-5-11(6-9-18)4-7-17-14-10-12(21(16,19)20)2-3-13(14)15/h2-3,10-11,17H,4-9,15H2,1H3,(H2,16,19,20). The summed E-state index contributed by atoms with van der Waals surface area (Å²) in [6.45, 7) is 3.08. The number of anilines is 2. The van der Waals surface area contributed by atoms with Crippen LogP contribution in [0.1, 0.15) is 19.3 Å². The molecule has 0 saturated carbocycles. The highest BCUT2D eigenvalue weighted by Crippen LogP contribution is 2.24. The Balaban J connectivity index is 1.91. The zero-order valence-corrected chi connectivity index (χ0v) is 13.2. The Hall–Kier alpha value is -1.31. The van der Waals surface area contributed by atoms with Crippen molar-refractivity contribution in [3.05, 3.63) is 18.2 Å². The second kappa shape index (κ2) is 6.64. The first-order valence-corrected chi connectivity index (χ1v) is 8.75. The van der Waals surface area contributed by atoms with Crippen LogP contribution >= 0.6 is 0 Å². The fraction of sp³-hybridized carbons (Fsp3) is 0.571. The van der Waals surface area contributed by atoms with Gasteiger partial charge in [0.15, 0.2) is 0 Å². The second-order valence-electron chi connectivity index (χ2n) is 5.76. The Morgan fingerprint density at radius 2 is 2.00 bits per heavy atom. The maximum Gasteiger partial charge on any atom is 0.238 e. The molecule has 1 aliphatic rings. The predicted molar refractivity (Wildman–Crippen MR) is 85.6 cm³/mol. The summed E-state index contributed by atoms with van der Waals surface area (Å²) in [6.07, 6.45) is 3.49. The highest BCUT2D eigenvalue weighted by atomic mass is 32.2. The third kappa shape index (κ3) is 4.59. The first-order valence-electron chi connectivity index (χ1n) is 7.21. The van der Waals surface area contributed by atoms with Gasteiger partial charge < -0.3 is 16.0 Å². The number of hydrogen-bond acceptors (Lipinski definition) is 5. The van der Waals surface area contributed by atoms with E-state index in [1.807, 2.05) is 0 Å². The summed E-state index contributed by atoms with van der Waals surface area (Å²) >= 11 is 0. The molecule has 1 aromatic carbocycles. The van der Waals surface area contributed by atoms with E-state index >= 15 is 0 Å². The SMILES string of the molecule is CN1CCC(CCNc2cc(S(N)(=O)=O)ccc2N)CC1. The van der Waals surface area contributed by atoms with E-state index in [0.29, 0.717) is 11.4 Å². The number of benzene rings is 1. The monoisotopic (exact) mass is 312 g/mol. The van der Waals surface area contributed by atoms with Crippen LogP contribution in [0.3, 0.4) is 0 Å². The molecule has 0 atom stereocenters. The van der Waals surface area contributed by atoms with Crippen LogP contribution in [0.15, 0.2) is 23.1 Å². The largest absolute Gasteiger partial charge is 0.397 e. The van der Waals surface area contributed by atoms with Gasteiger partial charge in [0.1, 0.15) is 0 Å². The van der Waals surface area contributed by atoms with Crippen molar-refractivity contribution >= 4 is 21.4 Å². The summed E-state index contributed by atoms with van der Waals surface area (Å²) in [5.41, 5.74) is 7.03. The number of nitrogens with one attached hydrogen (secondary N) is 1. The molecule has 0 amide bonds. The topological polar surface area (TPSA) is 101 Å². The molecule has 0 unspecified atom stereocenters. The summed E-state index contributed by atoms with van der Waals surface area (Å²) in [7, 11) is -1.55. The van der Waals surface area contributed by atoms with Crippen molar-refractivity contribution in [2.24, 2.45) is 11.1 Å². The van der Waals surface area contributed by atoms with Gasteiger partial charge in [-0.05, 0) is 63.5 Å². The van der Waals surface area contributed by atoms with Gasteiger partial charge in [-0.2, -0.15) is 0 Å². The zero-order chi connectivity index (χ0) is 15.5. The molecule has 1 heterocycles. The number of rotatable bonds is 5. The van der Waals surface area contributed by atoms with Gasteiger partial charge >= 0.3 is 0 Å². The van der Waals surface area contributed by atoms with Crippen molar-refractivity contribution in [1.82, 2.24) is 4.90 Å². The number of nitrogens with two attached hydrogens (primary N) is 2. The van der Waals surface area contributed by atoms with Crippen molar-refractivity contribution in [3.8, 4) is 0 Å². The van der Waals surface area contributed by atoms with E-state index in [-0.39, 0.29) is 4.90 Å². The maximum atomic E-state index is 11.4. The van der Waals surface area contributed by atoms with Crippen LogP contribution in [0.2, 0.25) is 0 Å². The Labute approximate surface area is 126 Å². The predicted octanol–water partition coefficient (Wildman–Crippen LogP) is 1.06. The van der Waals surface area contributed by atoms with Crippen LogP contribution < -0.4 is 16.2 Å². The summed E-state index contributed by atoms with van der Waals surface area (Å²) < 4.78 is 22.7. The molecule has 2 rings (SSSR count). The number of likely N-dealkylation sites (tertiary alicyclic amines) is 1. The lowest BCUT2D eigenvalue weighted by Gasteiger charge is -2.29. The molecular weight excluding hydrogens is 288 g/mol. The van der Waals surface area contributed by atoms with Gasteiger partial charge in [-0.1, -0.05) is 0 Å². The third-order valence-corrected chi connectivity index (χ3v) is 4.97. The average molecular weight is 312 g/mol. The maximum absolute atomic E-state index is 11.4. The molecule has 1 fully saturated rings. The lowest BCUT2D eigenvalue weighted by Crippen LogP contribution is -2.30. The van der Waals surface area contributed by atoms with Crippen molar-refractivity contribution in [3.63, 3.8) is 0 Å². The Kier molecular flexibility index (Phi) is 5.08. The van der Waals surface area contributed by atoms with Crippen LogP contribution in [0, 0.1) is 5.92 Å². The minimum atomic E-state index is -3.69. The number of primary sulfonamides is 1. The van der Waals surface area contributed by atoms with Gasteiger partial charge in [-0.25, -0.2) is 13.6 Å². The van der Waals surface area contributed by atoms with Crippen molar-refractivity contribution < 1.29 is 8.42 Å². The number of sulfonamides is 1. The molecule has 21 heavy (non-hydrogen) atoms. The molecule has 0 spiro atoms. The van der Waals surface area contributed by atoms with Gasteiger partial charge in [-0.3, -0.25) is 0 Å². The van der Waals surface area contributed by atoms with Gasteiger partial charge in [0.05, 0.1) is 16.3 Å². The number of hydrogen-bond donors (Lipinski definition) is 3. The summed E-state index contributed by atoms with van der Waals surface area (Å²) in [6, 6.07) is 4.49. The lowest BCUT2D eigenvalue weighted by molar-refractivity contribution is 0.215. The molecule has 1 saturated heterocycles. The lowest BCUT2D eigenvalue weighted by atomic mass is 9.94. The second-order valence-corrected chi connectivity index (χ2v) is 7.32. The van der Waals surface area contributed by atoms with Crippen molar-refractivity contribution in [1.29, 1.82) is 0 Å². The molecule has 5 N–H and O–H groups in total. The van der Waals surface area contributed by atoms with E-state index in [2.05, 4.69) is 17.3 Å². The molecule has 0 aromatic heterocycles.